The molecule has 11 heavy (non-hydrogen) atoms. The smallest absolute Gasteiger partial charge is 0.157 e. The van der Waals surface area contributed by atoms with E-state index >= 15 is 0 Å². The maximum atomic E-state index is 5.45. The van der Waals surface area contributed by atoms with E-state index in [2.05, 4.69) is 5.16 Å². The van der Waals surface area contributed by atoms with Crippen LogP contribution < -0.4 is 10.6 Å². The van der Waals surface area contributed by atoms with Crippen LogP contribution in [0.1, 0.15) is 11.5 Å². The maximum Gasteiger partial charge on any atom is 0.157 e. The second-order valence-corrected chi connectivity index (χ2v) is 2.63. The van der Waals surface area contributed by atoms with Crippen LogP contribution in [0.3, 0.4) is 0 Å². The Morgan fingerprint density at radius 2 is 2.18 bits per heavy atom. The fourth-order valence-electron chi connectivity index (χ4n) is 1.12. The number of hydrogen-bond acceptors (Lipinski definition) is 4. The van der Waals surface area contributed by atoms with E-state index in [0.29, 0.717) is 6.54 Å². The van der Waals surface area contributed by atoms with Crippen molar-refractivity contribution in [3.05, 3.63) is 11.5 Å². The molecule has 1 aromatic heterocycles. The van der Waals surface area contributed by atoms with Crippen molar-refractivity contribution in [2.75, 3.05) is 19.0 Å². The molecule has 0 atom stereocenters. The summed E-state index contributed by atoms with van der Waals surface area (Å²) in [6.07, 6.45) is 0. The minimum Gasteiger partial charge on any atom is -0.373 e. The Labute approximate surface area is 66.0 Å². The van der Waals surface area contributed by atoms with Gasteiger partial charge in [0.2, 0.25) is 0 Å². The number of nitrogens with zero attached hydrogens (tertiary/aromatic N) is 2. The van der Waals surface area contributed by atoms with E-state index < -0.39 is 0 Å². The summed E-state index contributed by atoms with van der Waals surface area (Å²) in [4.78, 5) is 1.95. The van der Waals surface area contributed by atoms with Crippen LogP contribution in [-0.4, -0.2) is 19.3 Å². The van der Waals surface area contributed by atoms with Gasteiger partial charge in [-0.2, -0.15) is 0 Å². The first kappa shape index (κ1) is 8.07. The molecule has 0 saturated heterocycles. The molecule has 0 aliphatic heterocycles. The predicted octanol–water partition coefficient (Wildman–Crippen LogP) is 0.508. The molecule has 0 aliphatic rings. The third-order valence-electron chi connectivity index (χ3n) is 1.54. The van der Waals surface area contributed by atoms with Gasteiger partial charge in [0.15, 0.2) is 5.76 Å². The van der Waals surface area contributed by atoms with Crippen molar-refractivity contribution in [3.8, 4) is 0 Å². The summed E-state index contributed by atoms with van der Waals surface area (Å²) in [5.41, 5.74) is 7.26. The number of nitrogens with two attached hydrogens (primary N) is 1. The number of hydrogen-bond donors (Lipinski definition) is 1. The molecule has 4 nitrogen and oxygen atoms in total. The lowest BCUT2D eigenvalue weighted by Gasteiger charge is -2.10. The average Bonchev–Trinajstić information content (AvgIpc) is 2.30. The quantitative estimate of drug-likeness (QED) is 0.676. The van der Waals surface area contributed by atoms with Gasteiger partial charge in [-0.05, 0) is 6.92 Å². The molecule has 0 fully saturated rings. The summed E-state index contributed by atoms with van der Waals surface area (Å²) < 4.78 is 4.98. The Balaban J connectivity index is 3.07. The molecule has 0 spiro atoms. The number of rotatable bonds is 2. The zero-order valence-corrected chi connectivity index (χ0v) is 7.09. The fraction of sp³-hybridized carbons (Fsp3) is 0.571. The van der Waals surface area contributed by atoms with Crippen LogP contribution in [0, 0.1) is 6.92 Å². The summed E-state index contributed by atoms with van der Waals surface area (Å²) in [5, 5.41) is 3.81. The third-order valence-corrected chi connectivity index (χ3v) is 1.54. The molecule has 0 amide bonds. The van der Waals surface area contributed by atoms with Gasteiger partial charge < -0.3 is 15.2 Å². The van der Waals surface area contributed by atoms with E-state index in [-0.39, 0.29) is 0 Å². The molecule has 0 radical (unpaired) electrons. The molecule has 2 N–H and O–H groups in total. The van der Waals surface area contributed by atoms with Crippen LogP contribution in [0.5, 0.6) is 0 Å². The lowest BCUT2D eigenvalue weighted by atomic mass is 10.3. The van der Waals surface area contributed by atoms with Crippen molar-refractivity contribution in [2.45, 2.75) is 13.5 Å². The summed E-state index contributed by atoms with van der Waals surface area (Å²) in [7, 11) is 3.89. The normalized spacial score (nSPS) is 10.2. The van der Waals surface area contributed by atoms with Gasteiger partial charge in [-0.3, -0.25) is 0 Å². The van der Waals surface area contributed by atoms with Crippen molar-refractivity contribution < 1.29 is 4.52 Å². The van der Waals surface area contributed by atoms with Crippen molar-refractivity contribution in [2.24, 2.45) is 5.73 Å². The Morgan fingerprint density at radius 3 is 2.55 bits per heavy atom. The number of aryl methyl sites for hydroxylation is 1. The summed E-state index contributed by atoms with van der Waals surface area (Å²) >= 11 is 0. The summed E-state index contributed by atoms with van der Waals surface area (Å²) in [5.74, 6) is 0.815. The van der Waals surface area contributed by atoms with E-state index in [4.69, 9.17) is 10.3 Å². The summed E-state index contributed by atoms with van der Waals surface area (Å²) in [6.45, 7) is 2.30. The molecule has 0 saturated carbocycles. The SMILES string of the molecule is Cc1onc(CN)c1N(C)C. The van der Waals surface area contributed by atoms with Crippen LogP contribution in [-0.2, 0) is 6.54 Å². The first-order chi connectivity index (χ1) is 5.16. The minimum absolute atomic E-state index is 0.421. The topological polar surface area (TPSA) is 55.3 Å². The molecule has 0 bridgehead atoms. The molecule has 1 rings (SSSR count). The Morgan fingerprint density at radius 1 is 1.55 bits per heavy atom. The highest BCUT2D eigenvalue weighted by atomic mass is 16.5. The lowest BCUT2D eigenvalue weighted by molar-refractivity contribution is 0.391. The highest BCUT2D eigenvalue weighted by Crippen LogP contribution is 2.21. The molecule has 0 aliphatic carbocycles. The van der Waals surface area contributed by atoms with Crippen LogP contribution in [0.4, 0.5) is 5.69 Å². The van der Waals surface area contributed by atoms with Crippen LogP contribution >= 0.6 is 0 Å². The van der Waals surface area contributed by atoms with Crippen LogP contribution in [0.2, 0.25) is 0 Å². The molecule has 0 aromatic carbocycles. The first-order valence-electron chi connectivity index (χ1n) is 3.49. The molecule has 1 heterocycles. The molecule has 0 unspecified atom stereocenters. The molecular weight excluding hydrogens is 142 g/mol. The molecule has 62 valence electrons. The second-order valence-electron chi connectivity index (χ2n) is 2.63. The van der Waals surface area contributed by atoms with Gasteiger partial charge in [0.05, 0.1) is 0 Å². The minimum atomic E-state index is 0.421. The van der Waals surface area contributed by atoms with Gasteiger partial charge in [-0.15, -0.1) is 0 Å². The first-order valence-corrected chi connectivity index (χ1v) is 3.49. The molecular formula is C7H13N3O. The number of aromatic nitrogens is 1. The van der Waals surface area contributed by atoms with Gasteiger partial charge in [0, 0.05) is 20.6 Å². The van der Waals surface area contributed by atoms with Crippen LogP contribution in [0.15, 0.2) is 4.52 Å². The highest BCUT2D eigenvalue weighted by Gasteiger charge is 2.12. The van der Waals surface area contributed by atoms with Gasteiger partial charge >= 0.3 is 0 Å². The van der Waals surface area contributed by atoms with Crippen molar-refractivity contribution in [3.63, 3.8) is 0 Å². The van der Waals surface area contributed by atoms with E-state index in [1.165, 1.54) is 0 Å². The van der Waals surface area contributed by atoms with E-state index in [9.17, 15) is 0 Å². The van der Waals surface area contributed by atoms with Gasteiger partial charge in [-0.25, -0.2) is 0 Å². The van der Waals surface area contributed by atoms with Crippen LogP contribution in [0.25, 0.3) is 0 Å². The number of anilines is 1. The maximum absolute atomic E-state index is 5.45. The van der Waals surface area contributed by atoms with Gasteiger partial charge in [-0.1, -0.05) is 5.16 Å². The molecule has 4 heteroatoms. The monoisotopic (exact) mass is 155 g/mol. The van der Waals surface area contributed by atoms with Crippen molar-refractivity contribution in [1.29, 1.82) is 0 Å². The van der Waals surface area contributed by atoms with E-state index in [1.807, 2.05) is 25.9 Å². The molecule has 1 aromatic rings. The Bertz CT molecular complexity index is 242. The average molecular weight is 155 g/mol. The van der Waals surface area contributed by atoms with Gasteiger partial charge in [0.25, 0.3) is 0 Å². The lowest BCUT2D eigenvalue weighted by Crippen LogP contribution is -2.12. The third kappa shape index (κ3) is 1.35. The van der Waals surface area contributed by atoms with Gasteiger partial charge in [0.1, 0.15) is 11.4 Å². The Hall–Kier alpha value is -1.03. The fourth-order valence-corrected chi connectivity index (χ4v) is 1.12. The summed E-state index contributed by atoms with van der Waals surface area (Å²) in [6, 6.07) is 0. The van der Waals surface area contributed by atoms with E-state index in [1.54, 1.807) is 0 Å². The zero-order valence-electron chi connectivity index (χ0n) is 7.09. The predicted molar refractivity (Wildman–Crippen MR) is 43.5 cm³/mol. The van der Waals surface area contributed by atoms with Crippen molar-refractivity contribution in [1.82, 2.24) is 5.16 Å². The van der Waals surface area contributed by atoms with Crippen molar-refractivity contribution >= 4 is 5.69 Å². The van der Waals surface area contributed by atoms with E-state index in [0.717, 1.165) is 17.1 Å². The Kier molecular flexibility index (Phi) is 2.14. The standard InChI is InChI=1S/C7H13N3O/c1-5-7(10(2)3)6(4-8)9-11-5/h4,8H2,1-3H3. The zero-order chi connectivity index (χ0) is 8.43. The highest BCUT2D eigenvalue weighted by molar-refractivity contribution is 5.51. The largest absolute Gasteiger partial charge is 0.373 e. The second kappa shape index (κ2) is 2.92.